The molecule has 6 nitrogen and oxygen atoms in total. The van der Waals surface area contributed by atoms with Crippen LogP contribution in [0.2, 0.25) is 0 Å². The Kier molecular flexibility index (Phi) is 5.22. The van der Waals surface area contributed by atoms with Crippen molar-refractivity contribution in [1.82, 2.24) is 0 Å². The average molecular weight is 216 g/mol. The second-order valence-electron chi connectivity index (χ2n) is 3.11. The average Bonchev–Trinajstić information content (AvgIpc) is 1.99. The van der Waals surface area contributed by atoms with Gasteiger partial charge in [0.1, 0.15) is 5.78 Å². The fourth-order valence-electron chi connectivity index (χ4n) is 0.997. The number of aliphatic carboxylic acids is 1. The second-order valence-corrected chi connectivity index (χ2v) is 3.11. The normalized spacial score (nSPS) is 11.6. The number of hydrogen-bond acceptors (Lipinski definition) is 5. The summed E-state index contributed by atoms with van der Waals surface area (Å²) >= 11 is 0. The molecule has 0 fully saturated rings. The topological polar surface area (TPSA) is 97.7 Å². The van der Waals surface area contributed by atoms with Gasteiger partial charge in [-0.25, -0.2) is 0 Å². The number of ether oxygens (including phenoxy) is 1. The molecule has 0 radical (unpaired) electrons. The molecule has 0 bridgehead atoms. The molecule has 0 saturated carbocycles. The van der Waals surface area contributed by atoms with Crippen LogP contribution < -0.4 is 0 Å². The molecule has 84 valence electrons. The fourth-order valence-corrected chi connectivity index (χ4v) is 0.997. The highest BCUT2D eigenvalue weighted by molar-refractivity contribution is 5.88. The predicted octanol–water partition coefficient (Wildman–Crippen LogP) is 0.146. The lowest BCUT2D eigenvalue weighted by molar-refractivity contribution is -0.161. The van der Waals surface area contributed by atoms with E-state index in [0.29, 0.717) is 0 Å². The number of Topliss-reactive ketones (excluding diaryl/α,β-unsaturated/α-hetero) is 1. The summed E-state index contributed by atoms with van der Waals surface area (Å²) in [5.41, 5.74) is 0. The first-order valence-electron chi connectivity index (χ1n) is 4.26. The van der Waals surface area contributed by atoms with Crippen molar-refractivity contribution in [2.75, 3.05) is 0 Å². The van der Waals surface area contributed by atoms with Crippen molar-refractivity contribution in [3.8, 4) is 0 Å². The van der Waals surface area contributed by atoms with Gasteiger partial charge in [0.05, 0.1) is 12.3 Å². The quantitative estimate of drug-likeness (QED) is 0.518. The molecule has 1 atom stereocenters. The fraction of sp³-hybridized carbons (Fsp3) is 0.556. The Morgan fingerprint density at radius 2 is 1.67 bits per heavy atom. The van der Waals surface area contributed by atoms with Crippen LogP contribution in [0, 0.1) is 5.92 Å². The van der Waals surface area contributed by atoms with Crippen molar-refractivity contribution in [3.05, 3.63) is 0 Å². The van der Waals surface area contributed by atoms with E-state index in [1.165, 1.54) is 6.92 Å². The first kappa shape index (κ1) is 13.3. The third-order valence-electron chi connectivity index (χ3n) is 1.55. The van der Waals surface area contributed by atoms with Crippen LogP contribution in [0.5, 0.6) is 0 Å². The van der Waals surface area contributed by atoms with Crippen molar-refractivity contribution < 1.29 is 29.0 Å². The third kappa shape index (κ3) is 6.36. The van der Waals surface area contributed by atoms with E-state index in [4.69, 9.17) is 5.11 Å². The standard InChI is InChI=1S/C9H12O6/c1-5(10)3-7(9(13)14)4-8(12)15-6(2)11/h7H,3-4H2,1-2H3,(H,13,14). The van der Waals surface area contributed by atoms with Crippen molar-refractivity contribution in [3.63, 3.8) is 0 Å². The van der Waals surface area contributed by atoms with Crippen LogP contribution in [-0.2, 0) is 23.9 Å². The zero-order valence-corrected chi connectivity index (χ0v) is 8.48. The van der Waals surface area contributed by atoms with Gasteiger partial charge in [0.25, 0.3) is 0 Å². The minimum Gasteiger partial charge on any atom is -0.481 e. The molecule has 0 saturated heterocycles. The zero-order valence-electron chi connectivity index (χ0n) is 8.48. The number of carbonyl (C=O) groups excluding carboxylic acids is 3. The summed E-state index contributed by atoms with van der Waals surface area (Å²) in [5.74, 6) is -4.46. The molecule has 0 aliphatic rings. The summed E-state index contributed by atoms with van der Waals surface area (Å²) in [6.45, 7) is 2.27. The summed E-state index contributed by atoms with van der Waals surface area (Å²) in [6, 6.07) is 0. The number of carboxylic acid groups (broad SMARTS) is 1. The second kappa shape index (κ2) is 5.90. The predicted molar refractivity (Wildman–Crippen MR) is 47.8 cm³/mol. The molecule has 0 heterocycles. The molecular weight excluding hydrogens is 204 g/mol. The molecule has 1 N–H and O–H groups in total. The van der Waals surface area contributed by atoms with Crippen LogP contribution in [0.25, 0.3) is 0 Å². The van der Waals surface area contributed by atoms with E-state index >= 15 is 0 Å². The molecule has 0 aromatic heterocycles. The molecule has 0 spiro atoms. The van der Waals surface area contributed by atoms with Gasteiger partial charge < -0.3 is 14.6 Å². The van der Waals surface area contributed by atoms with Crippen molar-refractivity contribution in [1.29, 1.82) is 0 Å². The van der Waals surface area contributed by atoms with Gasteiger partial charge >= 0.3 is 17.9 Å². The van der Waals surface area contributed by atoms with E-state index in [9.17, 15) is 19.2 Å². The summed E-state index contributed by atoms with van der Waals surface area (Å²) in [6.07, 6.45) is -0.725. The molecule has 0 aliphatic carbocycles. The summed E-state index contributed by atoms with van der Waals surface area (Å²) in [5, 5.41) is 8.66. The Morgan fingerprint density at radius 3 is 2.00 bits per heavy atom. The van der Waals surface area contributed by atoms with Gasteiger partial charge in [-0.3, -0.25) is 14.4 Å². The molecule has 15 heavy (non-hydrogen) atoms. The Balaban J connectivity index is 4.28. The number of esters is 2. The number of ketones is 1. The first-order valence-corrected chi connectivity index (χ1v) is 4.26. The van der Waals surface area contributed by atoms with Crippen LogP contribution in [0.4, 0.5) is 0 Å². The molecule has 1 unspecified atom stereocenters. The van der Waals surface area contributed by atoms with Gasteiger partial charge in [-0.15, -0.1) is 0 Å². The Bertz CT molecular complexity index is 293. The monoisotopic (exact) mass is 216 g/mol. The summed E-state index contributed by atoms with van der Waals surface area (Å²) < 4.78 is 4.16. The smallest absolute Gasteiger partial charge is 0.314 e. The molecule has 0 amide bonds. The van der Waals surface area contributed by atoms with Gasteiger partial charge in [0, 0.05) is 13.3 Å². The lowest BCUT2D eigenvalue weighted by Crippen LogP contribution is -2.22. The van der Waals surface area contributed by atoms with Crippen molar-refractivity contribution in [2.45, 2.75) is 26.7 Å². The number of carboxylic acids is 1. The largest absolute Gasteiger partial charge is 0.481 e. The van der Waals surface area contributed by atoms with E-state index in [0.717, 1.165) is 6.92 Å². The molecule has 0 aliphatic heterocycles. The summed E-state index contributed by atoms with van der Waals surface area (Å²) in [7, 11) is 0. The van der Waals surface area contributed by atoms with Gasteiger partial charge in [0.2, 0.25) is 0 Å². The Morgan fingerprint density at radius 1 is 1.13 bits per heavy atom. The van der Waals surface area contributed by atoms with Crippen molar-refractivity contribution in [2.24, 2.45) is 5.92 Å². The highest BCUT2D eigenvalue weighted by Crippen LogP contribution is 2.10. The molecule has 0 aromatic carbocycles. The molecule has 0 aromatic rings. The SMILES string of the molecule is CC(=O)CC(CC(=O)OC(C)=O)C(=O)O. The maximum Gasteiger partial charge on any atom is 0.314 e. The highest BCUT2D eigenvalue weighted by atomic mass is 16.6. The van der Waals surface area contributed by atoms with E-state index in [-0.39, 0.29) is 12.2 Å². The highest BCUT2D eigenvalue weighted by Gasteiger charge is 2.24. The van der Waals surface area contributed by atoms with Gasteiger partial charge in [-0.2, -0.15) is 0 Å². The van der Waals surface area contributed by atoms with Crippen LogP contribution >= 0.6 is 0 Å². The van der Waals surface area contributed by atoms with Crippen LogP contribution in [0.15, 0.2) is 0 Å². The Hall–Kier alpha value is -1.72. The van der Waals surface area contributed by atoms with E-state index in [1.807, 2.05) is 0 Å². The van der Waals surface area contributed by atoms with E-state index in [2.05, 4.69) is 4.74 Å². The van der Waals surface area contributed by atoms with Crippen LogP contribution in [0.1, 0.15) is 26.7 Å². The lowest BCUT2D eigenvalue weighted by Gasteiger charge is -2.08. The third-order valence-corrected chi connectivity index (χ3v) is 1.55. The zero-order chi connectivity index (χ0) is 12.0. The summed E-state index contributed by atoms with van der Waals surface area (Å²) in [4.78, 5) is 42.6. The van der Waals surface area contributed by atoms with E-state index in [1.54, 1.807) is 0 Å². The molecular formula is C9H12O6. The maximum absolute atomic E-state index is 10.9. The Labute approximate surface area is 86.2 Å². The van der Waals surface area contributed by atoms with E-state index < -0.39 is 30.2 Å². The van der Waals surface area contributed by atoms with Gasteiger partial charge in [0.15, 0.2) is 0 Å². The van der Waals surface area contributed by atoms with Gasteiger partial charge in [-0.1, -0.05) is 0 Å². The number of rotatable bonds is 5. The number of hydrogen-bond donors (Lipinski definition) is 1. The van der Waals surface area contributed by atoms with Crippen LogP contribution in [-0.4, -0.2) is 28.8 Å². The first-order chi connectivity index (χ1) is 6.82. The minimum atomic E-state index is -1.26. The lowest BCUT2D eigenvalue weighted by atomic mass is 10.00. The molecule has 0 rings (SSSR count). The molecule has 6 heteroatoms. The minimum absolute atomic E-state index is 0.248. The van der Waals surface area contributed by atoms with Gasteiger partial charge in [-0.05, 0) is 6.92 Å². The number of carbonyl (C=O) groups is 4. The van der Waals surface area contributed by atoms with Crippen LogP contribution in [0.3, 0.4) is 0 Å². The van der Waals surface area contributed by atoms with Crippen molar-refractivity contribution >= 4 is 23.7 Å². The maximum atomic E-state index is 10.9.